The monoisotopic (exact) mass is 247 g/mol. The zero-order valence-corrected chi connectivity index (χ0v) is 10.9. The van der Waals surface area contributed by atoms with Crippen molar-refractivity contribution < 1.29 is 4.79 Å². The second-order valence-corrected chi connectivity index (χ2v) is 4.39. The molecule has 18 heavy (non-hydrogen) atoms. The highest BCUT2D eigenvalue weighted by Gasteiger charge is 2.08. The van der Waals surface area contributed by atoms with Gasteiger partial charge in [-0.05, 0) is 26.0 Å². The number of nitrogens with two attached hydrogens (primary N) is 1. The van der Waals surface area contributed by atoms with Crippen molar-refractivity contribution >= 4 is 5.91 Å². The quantitative estimate of drug-likeness (QED) is 0.635. The molecule has 0 bridgehead atoms. The number of carbonyl (C=O) groups is 1. The Hall–Kier alpha value is -1.65. The Labute approximate surface area is 108 Å². The third-order valence-electron chi connectivity index (χ3n) is 2.29. The molecular formula is C14H21N3O. The average molecular weight is 247 g/mol. The van der Waals surface area contributed by atoms with Crippen LogP contribution < -0.4 is 16.4 Å². The maximum absolute atomic E-state index is 11.9. The molecule has 0 aromatic carbocycles. The van der Waals surface area contributed by atoms with Crippen LogP contribution in [0.2, 0.25) is 0 Å². The SMILES string of the molecule is CC(C)NC(N)CNC(=O)C1=C/C=C\C=C/C=C1. The lowest BCUT2D eigenvalue weighted by molar-refractivity contribution is -0.117. The van der Waals surface area contributed by atoms with E-state index in [2.05, 4.69) is 10.6 Å². The molecule has 1 rings (SSSR count). The molecule has 1 aliphatic rings. The van der Waals surface area contributed by atoms with Crippen molar-refractivity contribution in [2.45, 2.75) is 26.1 Å². The third kappa shape index (κ3) is 5.61. The van der Waals surface area contributed by atoms with Crippen LogP contribution in [0, 0.1) is 0 Å². The van der Waals surface area contributed by atoms with Gasteiger partial charge in [-0.3, -0.25) is 10.1 Å². The lowest BCUT2D eigenvalue weighted by Crippen LogP contribution is -2.49. The van der Waals surface area contributed by atoms with Crippen molar-refractivity contribution in [3.05, 3.63) is 48.1 Å². The van der Waals surface area contributed by atoms with Crippen LogP contribution in [-0.2, 0) is 4.79 Å². The summed E-state index contributed by atoms with van der Waals surface area (Å²) in [5.74, 6) is -0.118. The zero-order valence-electron chi connectivity index (χ0n) is 10.9. The van der Waals surface area contributed by atoms with Crippen molar-refractivity contribution in [1.82, 2.24) is 10.6 Å². The minimum absolute atomic E-state index is 0.118. The first-order valence-electron chi connectivity index (χ1n) is 6.11. The predicted octanol–water partition coefficient (Wildman–Crippen LogP) is 0.994. The molecule has 4 heteroatoms. The van der Waals surface area contributed by atoms with E-state index in [0.717, 1.165) is 0 Å². The molecule has 0 saturated heterocycles. The highest BCUT2D eigenvalue weighted by atomic mass is 16.1. The van der Waals surface area contributed by atoms with Crippen LogP contribution in [0.4, 0.5) is 0 Å². The van der Waals surface area contributed by atoms with Gasteiger partial charge in [0.2, 0.25) is 0 Å². The van der Waals surface area contributed by atoms with E-state index in [-0.39, 0.29) is 12.1 Å². The lowest BCUT2D eigenvalue weighted by Gasteiger charge is -2.17. The van der Waals surface area contributed by atoms with Crippen molar-refractivity contribution in [1.29, 1.82) is 0 Å². The molecule has 0 heterocycles. The Morgan fingerprint density at radius 1 is 1.22 bits per heavy atom. The first-order chi connectivity index (χ1) is 8.59. The lowest BCUT2D eigenvalue weighted by atomic mass is 10.1. The van der Waals surface area contributed by atoms with Gasteiger partial charge in [0.05, 0.1) is 6.17 Å². The zero-order chi connectivity index (χ0) is 13.4. The Balaban J connectivity index is 2.45. The topological polar surface area (TPSA) is 67.2 Å². The summed E-state index contributed by atoms with van der Waals surface area (Å²) in [6, 6.07) is 0.297. The van der Waals surface area contributed by atoms with Gasteiger partial charge in [-0.25, -0.2) is 0 Å². The van der Waals surface area contributed by atoms with E-state index in [9.17, 15) is 4.79 Å². The Morgan fingerprint density at radius 3 is 2.61 bits per heavy atom. The predicted molar refractivity (Wildman–Crippen MR) is 74.8 cm³/mol. The second-order valence-electron chi connectivity index (χ2n) is 4.39. The molecule has 0 saturated carbocycles. The molecule has 0 spiro atoms. The molecule has 1 amide bonds. The summed E-state index contributed by atoms with van der Waals surface area (Å²) in [5, 5.41) is 5.93. The van der Waals surface area contributed by atoms with Crippen LogP contribution in [0.5, 0.6) is 0 Å². The van der Waals surface area contributed by atoms with Crippen molar-refractivity contribution in [3.63, 3.8) is 0 Å². The standard InChI is InChI=1S/C14H21N3O/c1-11(2)17-13(15)10-16-14(18)12-8-6-4-3-5-7-9-12/h3-9,11,13,17H,10,15H2,1-2H3,(H,16,18)/b4-3-,5-3?,6-4?,7-5-,8-6?,9-7?,12-8?,12-9?. The molecule has 98 valence electrons. The highest BCUT2D eigenvalue weighted by Crippen LogP contribution is 2.01. The summed E-state index contributed by atoms with van der Waals surface area (Å²) in [5.41, 5.74) is 6.44. The first kappa shape index (κ1) is 14.4. The molecule has 1 unspecified atom stereocenters. The smallest absolute Gasteiger partial charge is 0.251 e. The summed E-state index contributed by atoms with van der Waals surface area (Å²) in [6.07, 6.45) is 12.6. The molecule has 1 atom stereocenters. The number of hydrogen-bond donors (Lipinski definition) is 3. The van der Waals surface area contributed by atoms with Gasteiger partial charge in [0.25, 0.3) is 5.91 Å². The normalized spacial score (nSPS) is 19.7. The number of allylic oxidation sites excluding steroid dienone is 6. The van der Waals surface area contributed by atoms with Gasteiger partial charge in [-0.2, -0.15) is 0 Å². The molecular weight excluding hydrogens is 226 g/mol. The molecule has 0 aromatic heterocycles. The largest absolute Gasteiger partial charge is 0.349 e. The number of hydrogen-bond acceptors (Lipinski definition) is 3. The molecule has 4 N–H and O–H groups in total. The summed E-state index contributed by atoms with van der Waals surface area (Å²) >= 11 is 0. The third-order valence-corrected chi connectivity index (χ3v) is 2.29. The van der Waals surface area contributed by atoms with Gasteiger partial charge >= 0.3 is 0 Å². The summed E-state index contributed by atoms with van der Waals surface area (Å²) in [4.78, 5) is 11.9. The van der Waals surface area contributed by atoms with E-state index in [1.54, 1.807) is 12.2 Å². The van der Waals surface area contributed by atoms with E-state index in [4.69, 9.17) is 5.73 Å². The fourth-order valence-electron chi connectivity index (χ4n) is 1.51. The highest BCUT2D eigenvalue weighted by molar-refractivity contribution is 5.96. The van der Waals surface area contributed by atoms with E-state index in [1.807, 2.05) is 44.2 Å². The minimum atomic E-state index is -0.234. The first-order valence-corrected chi connectivity index (χ1v) is 6.11. The van der Waals surface area contributed by atoms with Gasteiger partial charge in [-0.15, -0.1) is 0 Å². The Bertz CT molecular complexity index is 392. The van der Waals surface area contributed by atoms with Crippen molar-refractivity contribution in [2.75, 3.05) is 6.54 Å². The van der Waals surface area contributed by atoms with Crippen LogP contribution in [0.25, 0.3) is 0 Å². The maximum atomic E-state index is 11.9. The van der Waals surface area contributed by atoms with Crippen LogP contribution in [-0.4, -0.2) is 24.7 Å². The van der Waals surface area contributed by atoms with E-state index in [1.165, 1.54) is 0 Å². The van der Waals surface area contributed by atoms with E-state index >= 15 is 0 Å². The average Bonchev–Trinajstić information content (AvgIpc) is 2.24. The maximum Gasteiger partial charge on any atom is 0.251 e. The van der Waals surface area contributed by atoms with Gasteiger partial charge in [-0.1, -0.05) is 30.4 Å². The van der Waals surface area contributed by atoms with E-state index < -0.39 is 0 Å². The van der Waals surface area contributed by atoms with Gasteiger partial charge < -0.3 is 11.1 Å². The van der Waals surface area contributed by atoms with Crippen LogP contribution in [0.15, 0.2) is 48.1 Å². The molecule has 4 nitrogen and oxygen atoms in total. The summed E-state index contributed by atoms with van der Waals surface area (Å²) < 4.78 is 0. The fourth-order valence-corrected chi connectivity index (χ4v) is 1.51. The molecule has 0 aliphatic heterocycles. The fraction of sp³-hybridized carbons (Fsp3) is 0.357. The molecule has 0 aromatic rings. The molecule has 0 radical (unpaired) electrons. The second kappa shape index (κ2) is 7.63. The Morgan fingerprint density at radius 2 is 1.89 bits per heavy atom. The van der Waals surface area contributed by atoms with E-state index in [0.29, 0.717) is 18.2 Å². The van der Waals surface area contributed by atoms with Crippen LogP contribution in [0.1, 0.15) is 13.8 Å². The molecule has 1 aliphatic carbocycles. The van der Waals surface area contributed by atoms with Gasteiger partial charge in [0, 0.05) is 18.2 Å². The number of amides is 1. The van der Waals surface area contributed by atoms with Crippen molar-refractivity contribution in [2.24, 2.45) is 5.73 Å². The van der Waals surface area contributed by atoms with Gasteiger partial charge in [0.1, 0.15) is 0 Å². The summed E-state index contributed by atoms with van der Waals surface area (Å²) in [6.45, 7) is 4.43. The number of nitrogens with one attached hydrogen (secondary N) is 2. The van der Waals surface area contributed by atoms with Gasteiger partial charge in [0.15, 0.2) is 0 Å². The Kier molecular flexibility index (Phi) is 6.11. The van der Waals surface area contributed by atoms with Crippen LogP contribution >= 0.6 is 0 Å². The number of rotatable bonds is 5. The molecule has 0 fully saturated rings. The van der Waals surface area contributed by atoms with Crippen molar-refractivity contribution in [3.8, 4) is 0 Å². The minimum Gasteiger partial charge on any atom is -0.349 e. The van der Waals surface area contributed by atoms with Crippen LogP contribution in [0.3, 0.4) is 0 Å². The number of carbonyl (C=O) groups excluding carboxylic acids is 1. The summed E-state index contributed by atoms with van der Waals surface area (Å²) in [7, 11) is 0.